The summed E-state index contributed by atoms with van der Waals surface area (Å²) in [5, 5.41) is 11.1. The van der Waals surface area contributed by atoms with Crippen LogP contribution in [0.25, 0.3) is 0 Å². The first kappa shape index (κ1) is 17.8. The normalized spacial score (nSPS) is 20.7. The standard InChI is InChI=1S/C17H32N6/c1-4-18-17(20-13-16-8-6-10-22(16)5-2)19-12-15(3)14-23-11-7-9-21-23/h7,9,11,15-16H,4-6,8,10,12-14H2,1-3H3,(H2,18,19,20). The quantitative estimate of drug-likeness (QED) is 0.564. The van der Waals surface area contributed by atoms with Gasteiger partial charge in [0.05, 0.1) is 0 Å². The van der Waals surface area contributed by atoms with Crippen LogP contribution >= 0.6 is 0 Å². The van der Waals surface area contributed by atoms with Crippen LogP contribution in [0.2, 0.25) is 0 Å². The number of rotatable bonds is 8. The van der Waals surface area contributed by atoms with Gasteiger partial charge in [-0.2, -0.15) is 5.10 Å². The minimum absolute atomic E-state index is 0.462. The van der Waals surface area contributed by atoms with Gasteiger partial charge in [0.15, 0.2) is 5.96 Å². The summed E-state index contributed by atoms with van der Waals surface area (Å²) < 4.78 is 1.97. The molecule has 130 valence electrons. The third kappa shape index (κ3) is 5.86. The SMILES string of the molecule is CCNC(=NCC(C)Cn1cccn1)NCC1CCCN1CC. The fourth-order valence-electron chi connectivity index (χ4n) is 3.13. The lowest BCUT2D eigenvalue weighted by molar-refractivity contribution is 0.267. The number of likely N-dealkylation sites (N-methyl/N-ethyl adjacent to an activating group) is 1. The van der Waals surface area contributed by atoms with E-state index < -0.39 is 0 Å². The van der Waals surface area contributed by atoms with Crippen molar-refractivity contribution in [3.05, 3.63) is 18.5 Å². The number of guanidine groups is 1. The van der Waals surface area contributed by atoms with Crippen LogP contribution < -0.4 is 10.6 Å². The molecule has 2 atom stereocenters. The van der Waals surface area contributed by atoms with Gasteiger partial charge in [0.1, 0.15) is 0 Å². The van der Waals surface area contributed by atoms with Crippen LogP contribution in [-0.2, 0) is 6.54 Å². The average molecular weight is 320 g/mol. The molecule has 1 aliphatic heterocycles. The van der Waals surface area contributed by atoms with E-state index in [2.05, 4.69) is 41.4 Å². The van der Waals surface area contributed by atoms with Crippen LogP contribution in [0.5, 0.6) is 0 Å². The molecule has 2 N–H and O–H groups in total. The van der Waals surface area contributed by atoms with Crippen molar-refractivity contribution < 1.29 is 0 Å². The highest BCUT2D eigenvalue weighted by atomic mass is 15.3. The van der Waals surface area contributed by atoms with Crippen LogP contribution in [0.3, 0.4) is 0 Å². The second-order valence-electron chi connectivity index (χ2n) is 6.36. The van der Waals surface area contributed by atoms with Crippen molar-refractivity contribution in [3.63, 3.8) is 0 Å². The van der Waals surface area contributed by atoms with Gasteiger partial charge in [-0.15, -0.1) is 0 Å². The lowest BCUT2D eigenvalue weighted by Crippen LogP contribution is -2.45. The van der Waals surface area contributed by atoms with Gasteiger partial charge in [-0.05, 0) is 44.8 Å². The average Bonchev–Trinajstić information content (AvgIpc) is 3.21. The summed E-state index contributed by atoms with van der Waals surface area (Å²) in [6.45, 7) is 12.5. The fourth-order valence-corrected chi connectivity index (χ4v) is 3.13. The zero-order chi connectivity index (χ0) is 16.5. The van der Waals surface area contributed by atoms with Crippen molar-refractivity contribution in [2.75, 3.05) is 32.7 Å². The Morgan fingerprint density at radius 2 is 2.26 bits per heavy atom. The first-order valence-corrected chi connectivity index (χ1v) is 8.96. The fraction of sp³-hybridized carbons (Fsp3) is 0.765. The predicted molar refractivity (Wildman–Crippen MR) is 95.6 cm³/mol. The molecule has 1 aromatic heterocycles. The maximum Gasteiger partial charge on any atom is 0.191 e. The van der Waals surface area contributed by atoms with Gasteiger partial charge < -0.3 is 10.6 Å². The molecule has 0 spiro atoms. The molecule has 0 bridgehead atoms. The Bertz CT molecular complexity index is 456. The van der Waals surface area contributed by atoms with Crippen molar-refractivity contribution >= 4 is 5.96 Å². The summed E-state index contributed by atoms with van der Waals surface area (Å²) in [6.07, 6.45) is 6.43. The molecule has 6 heteroatoms. The molecule has 2 unspecified atom stereocenters. The molecule has 2 heterocycles. The van der Waals surface area contributed by atoms with Crippen LogP contribution in [0, 0.1) is 5.92 Å². The van der Waals surface area contributed by atoms with Crippen LogP contribution in [-0.4, -0.2) is 59.4 Å². The molecule has 23 heavy (non-hydrogen) atoms. The van der Waals surface area contributed by atoms with E-state index in [1.807, 2.05) is 23.1 Å². The highest BCUT2D eigenvalue weighted by molar-refractivity contribution is 5.79. The second-order valence-corrected chi connectivity index (χ2v) is 6.36. The maximum atomic E-state index is 4.74. The van der Waals surface area contributed by atoms with Gasteiger partial charge in [-0.25, -0.2) is 0 Å². The number of aliphatic imine (C=N–C) groups is 1. The lowest BCUT2D eigenvalue weighted by atomic mass is 10.2. The van der Waals surface area contributed by atoms with Crippen molar-refractivity contribution in [2.24, 2.45) is 10.9 Å². The van der Waals surface area contributed by atoms with E-state index in [9.17, 15) is 0 Å². The molecule has 1 aromatic rings. The molecule has 0 saturated carbocycles. The Kier molecular flexibility index (Phi) is 7.39. The largest absolute Gasteiger partial charge is 0.357 e. The third-order valence-electron chi connectivity index (χ3n) is 4.37. The Morgan fingerprint density at radius 1 is 1.39 bits per heavy atom. The van der Waals surface area contributed by atoms with Crippen LogP contribution in [0.4, 0.5) is 0 Å². The first-order valence-electron chi connectivity index (χ1n) is 8.96. The summed E-state index contributed by atoms with van der Waals surface area (Å²) in [6, 6.07) is 2.60. The zero-order valence-corrected chi connectivity index (χ0v) is 14.8. The van der Waals surface area contributed by atoms with Crippen molar-refractivity contribution in [1.82, 2.24) is 25.3 Å². The van der Waals surface area contributed by atoms with Crippen molar-refractivity contribution in [3.8, 4) is 0 Å². The highest BCUT2D eigenvalue weighted by Crippen LogP contribution is 2.15. The smallest absolute Gasteiger partial charge is 0.191 e. The predicted octanol–water partition coefficient (Wildman–Crippen LogP) is 1.56. The molecular formula is C17H32N6. The van der Waals surface area contributed by atoms with E-state index in [0.29, 0.717) is 12.0 Å². The van der Waals surface area contributed by atoms with Gasteiger partial charge in [0.2, 0.25) is 0 Å². The maximum absolute atomic E-state index is 4.74. The van der Waals surface area contributed by atoms with Gasteiger partial charge in [-0.3, -0.25) is 14.6 Å². The lowest BCUT2D eigenvalue weighted by Gasteiger charge is -2.24. The van der Waals surface area contributed by atoms with Gasteiger partial charge in [0.25, 0.3) is 0 Å². The summed E-state index contributed by atoms with van der Waals surface area (Å²) in [5.74, 6) is 1.40. The Hall–Kier alpha value is -1.56. The molecule has 0 radical (unpaired) electrons. The van der Waals surface area contributed by atoms with Crippen LogP contribution in [0.15, 0.2) is 23.5 Å². The van der Waals surface area contributed by atoms with Crippen molar-refractivity contribution in [2.45, 2.75) is 46.2 Å². The third-order valence-corrected chi connectivity index (χ3v) is 4.37. The van der Waals surface area contributed by atoms with E-state index in [0.717, 1.165) is 38.7 Å². The van der Waals surface area contributed by atoms with Crippen LogP contribution in [0.1, 0.15) is 33.6 Å². The number of nitrogens with zero attached hydrogens (tertiary/aromatic N) is 4. The minimum Gasteiger partial charge on any atom is -0.357 e. The summed E-state index contributed by atoms with van der Waals surface area (Å²) in [5.41, 5.74) is 0. The summed E-state index contributed by atoms with van der Waals surface area (Å²) in [4.78, 5) is 7.29. The van der Waals surface area contributed by atoms with Gasteiger partial charge in [-0.1, -0.05) is 13.8 Å². The molecule has 1 saturated heterocycles. The molecule has 1 aliphatic rings. The summed E-state index contributed by atoms with van der Waals surface area (Å²) in [7, 11) is 0. The molecule has 1 fully saturated rings. The second kappa shape index (κ2) is 9.55. The highest BCUT2D eigenvalue weighted by Gasteiger charge is 2.22. The van der Waals surface area contributed by atoms with Gasteiger partial charge in [0, 0.05) is 44.6 Å². The van der Waals surface area contributed by atoms with Gasteiger partial charge >= 0.3 is 0 Å². The topological polar surface area (TPSA) is 57.5 Å². The van der Waals surface area contributed by atoms with E-state index in [1.54, 1.807) is 0 Å². The number of aromatic nitrogens is 2. The molecule has 2 rings (SSSR count). The van der Waals surface area contributed by atoms with E-state index >= 15 is 0 Å². The minimum atomic E-state index is 0.462. The Balaban J connectivity index is 1.79. The number of nitrogens with one attached hydrogen (secondary N) is 2. The molecule has 0 aromatic carbocycles. The molecule has 6 nitrogen and oxygen atoms in total. The molecule has 0 amide bonds. The van der Waals surface area contributed by atoms with E-state index in [4.69, 9.17) is 4.99 Å². The van der Waals surface area contributed by atoms with E-state index in [1.165, 1.54) is 19.4 Å². The van der Waals surface area contributed by atoms with E-state index in [-0.39, 0.29) is 0 Å². The molecule has 0 aliphatic carbocycles. The number of hydrogen-bond donors (Lipinski definition) is 2. The first-order chi connectivity index (χ1) is 11.2. The van der Waals surface area contributed by atoms with Crippen molar-refractivity contribution in [1.29, 1.82) is 0 Å². The number of likely N-dealkylation sites (tertiary alicyclic amines) is 1. The molecular weight excluding hydrogens is 288 g/mol. The Labute approximate surface area is 140 Å². The zero-order valence-electron chi connectivity index (χ0n) is 14.8. The Morgan fingerprint density at radius 3 is 2.96 bits per heavy atom. The monoisotopic (exact) mass is 320 g/mol. The summed E-state index contributed by atoms with van der Waals surface area (Å²) >= 11 is 0. The number of hydrogen-bond acceptors (Lipinski definition) is 3.